The summed E-state index contributed by atoms with van der Waals surface area (Å²) in [5, 5.41) is 14.9. The van der Waals surface area contributed by atoms with E-state index >= 15 is 0 Å². The molecule has 5 heteroatoms. The molecule has 4 N–H and O–H groups in total. The van der Waals surface area contributed by atoms with Gasteiger partial charge in [0.1, 0.15) is 5.92 Å². The minimum absolute atomic E-state index is 0.0897. The van der Waals surface area contributed by atoms with Crippen LogP contribution in [0.25, 0.3) is 0 Å². The molecule has 2 rings (SSSR count). The summed E-state index contributed by atoms with van der Waals surface area (Å²) in [5.74, 6) is -0.521. The zero-order valence-corrected chi connectivity index (χ0v) is 12.5. The molecular formula is C16H23N3O2. The van der Waals surface area contributed by atoms with Crippen LogP contribution in [0, 0.1) is 11.3 Å². The highest BCUT2D eigenvalue weighted by Gasteiger charge is 2.45. The molecule has 21 heavy (non-hydrogen) atoms. The summed E-state index contributed by atoms with van der Waals surface area (Å²) in [4.78, 5) is 12.5. The molecule has 0 spiro atoms. The van der Waals surface area contributed by atoms with Crippen molar-refractivity contribution in [3.05, 3.63) is 35.9 Å². The van der Waals surface area contributed by atoms with Gasteiger partial charge in [-0.05, 0) is 29.7 Å². The Kier molecular flexibility index (Phi) is 4.50. The van der Waals surface area contributed by atoms with Gasteiger partial charge >= 0.3 is 0 Å². The van der Waals surface area contributed by atoms with Crippen molar-refractivity contribution in [2.24, 2.45) is 22.2 Å². The predicted molar refractivity (Wildman–Crippen MR) is 82.1 cm³/mol. The predicted octanol–water partition coefficient (Wildman–Crippen LogP) is 2.07. The second kappa shape index (κ2) is 6.16. The van der Waals surface area contributed by atoms with Crippen molar-refractivity contribution in [2.75, 3.05) is 6.54 Å². The van der Waals surface area contributed by atoms with E-state index in [0.717, 1.165) is 18.4 Å². The van der Waals surface area contributed by atoms with E-state index in [1.165, 1.54) is 0 Å². The number of amidine groups is 1. The smallest absolute Gasteiger partial charge is 0.235 e. The number of oxime groups is 1. The summed E-state index contributed by atoms with van der Waals surface area (Å²) in [6.07, 6.45) is 2.29. The van der Waals surface area contributed by atoms with Crippen LogP contribution < -0.4 is 11.1 Å². The first-order valence-electron chi connectivity index (χ1n) is 7.30. The van der Waals surface area contributed by atoms with E-state index in [2.05, 4.69) is 24.3 Å². The average molecular weight is 289 g/mol. The van der Waals surface area contributed by atoms with Crippen LogP contribution >= 0.6 is 0 Å². The summed E-state index contributed by atoms with van der Waals surface area (Å²) >= 11 is 0. The van der Waals surface area contributed by atoms with Crippen LogP contribution in [0.5, 0.6) is 0 Å². The molecule has 1 saturated carbocycles. The Hall–Kier alpha value is -2.04. The fourth-order valence-electron chi connectivity index (χ4n) is 2.64. The topological polar surface area (TPSA) is 87.7 Å². The number of nitrogens with zero attached hydrogens (tertiary/aromatic N) is 1. The molecule has 1 amide bonds. The van der Waals surface area contributed by atoms with Crippen LogP contribution in [0.15, 0.2) is 35.5 Å². The highest BCUT2D eigenvalue weighted by Crippen LogP contribution is 2.51. The van der Waals surface area contributed by atoms with E-state index in [1.54, 1.807) is 12.1 Å². The van der Waals surface area contributed by atoms with Gasteiger partial charge < -0.3 is 16.3 Å². The summed E-state index contributed by atoms with van der Waals surface area (Å²) in [5.41, 5.74) is 6.65. The lowest BCUT2D eigenvalue weighted by Crippen LogP contribution is -2.40. The minimum Gasteiger partial charge on any atom is -0.409 e. The van der Waals surface area contributed by atoms with Gasteiger partial charge in [-0.1, -0.05) is 49.3 Å². The van der Waals surface area contributed by atoms with Crippen LogP contribution in [0.2, 0.25) is 0 Å². The lowest BCUT2D eigenvalue weighted by molar-refractivity contribution is -0.121. The SMILES string of the molecule is CC(C)C1(CNC(=O)C(/C(N)=N/O)c2ccccc2)CC1. The molecule has 1 aliphatic rings. The first-order valence-corrected chi connectivity index (χ1v) is 7.30. The van der Waals surface area contributed by atoms with Crippen LogP contribution in [0.4, 0.5) is 0 Å². The third kappa shape index (κ3) is 3.35. The van der Waals surface area contributed by atoms with Gasteiger partial charge in [-0.2, -0.15) is 0 Å². The molecule has 1 unspecified atom stereocenters. The Bertz CT molecular complexity index is 522. The van der Waals surface area contributed by atoms with Crippen molar-refractivity contribution in [3.63, 3.8) is 0 Å². The molecule has 0 radical (unpaired) electrons. The number of nitrogens with one attached hydrogen (secondary N) is 1. The molecule has 0 bridgehead atoms. The van der Waals surface area contributed by atoms with E-state index in [9.17, 15) is 4.79 Å². The Labute approximate surface area is 125 Å². The number of carbonyl (C=O) groups is 1. The Morgan fingerprint density at radius 3 is 2.48 bits per heavy atom. The molecule has 114 valence electrons. The van der Waals surface area contributed by atoms with Crippen molar-refractivity contribution in [1.82, 2.24) is 5.32 Å². The Morgan fingerprint density at radius 2 is 2.00 bits per heavy atom. The normalized spacial score (nSPS) is 18.3. The summed E-state index contributed by atoms with van der Waals surface area (Å²) < 4.78 is 0. The standard InChI is InChI=1S/C16H23N3O2/c1-11(2)16(8-9-16)10-18-15(20)13(14(17)19-21)12-6-4-3-5-7-12/h3-7,11,13,21H,8-10H2,1-2H3,(H2,17,19)(H,18,20). The summed E-state index contributed by atoms with van der Waals surface area (Å²) in [6, 6.07) is 9.13. The molecule has 1 fully saturated rings. The number of hydrogen-bond acceptors (Lipinski definition) is 3. The van der Waals surface area contributed by atoms with Crippen LogP contribution in [0.1, 0.15) is 38.2 Å². The van der Waals surface area contributed by atoms with E-state index in [0.29, 0.717) is 12.5 Å². The van der Waals surface area contributed by atoms with Crippen molar-refractivity contribution in [2.45, 2.75) is 32.6 Å². The number of benzene rings is 1. The maximum absolute atomic E-state index is 12.5. The minimum atomic E-state index is -0.751. The molecule has 0 aromatic heterocycles. The van der Waals surface area contributed by atoms with Crippen molar-refractivity contribution in [3.8, 4) is 0 Å². The second-order valence-electron chi connectivity index (χ2n) is 6.10. The average Bonchev–Trinajstić information content (AvgIpc) is 3.27. The molecule has 0 saturated heterocycles. The van der Waals surface area contributed by atoms with Crippen LogP contribution in [-0.4, -0.2) is 23.5 Å². The molecule has 1 aromatic carbocycles. The molecule has 1 aromatic rings. The van der Waals surface area contributed by atoms with Gasteiger partial charge in [-0.15, -0.1) is 0 Å². The van der Waals surface area contributed by atoms with E-state index in [1.807, 2.05) is 18.2 Å². The quantitative estimate of drug-likeness (QED) is 0.324. The Morgan fingerprint density at radius 1 is 1.38 bits per heavy atom. The van der Waals surface area contributed by atoms with E-state index < -0.39 is 5.92 Å². The van der Waals surface area contributed by atoms with E-state index in [4.69, 9.17) is 10.9 Å². The highest BCUT2D eigenvalue weighted by atomic mass is 16.4. The molecule has 0 heterocycles. The van der Waals surface area contributed by atoms with Gasteiger partial charge in [0.05, 0.1) is 0 Å². The number of nitrogens with two attached hydrogens (primary N) is 1. The first-order chi connectivity index (χ1) is 10.00. The second-order valence-corrected chi connectivity index (χ2v) is 6.10. The molecule has 1 atom stereocenters. The van der Waals surface area contributed by atoms with Gasteiger partial charge in [0, 0.05) is 6.54 Å². The van der Waals surface area contributed by atoms with Crippen LogP contribution in [0.3, 0.4) is 0 Å². The van der Waals surface area contributed by atoms with E-state index in [-0.39, 0.29) is 17.2 Å². The van der Waals surface area contributed by atoms with Crippen molar-refractivity contribution in [1.29, 1.82) is 0 Å². The summed E-state index contributed by atoms with van der Waals surface area (Å²) in [7, 11) is 0. The van der Waals surface area contributed by atoms with Gasteiger partial charge in [-0.3, -0.25) is 4.79 Å². The number of rotatable bonds is 6. The molecular weight excluding hydrogens is 266 g/mol. The zero-order valence-electron chi connectivity index (χ0n) is 12.5. The third-order valence-electron chi connectivity index (χ3n) is 4.54. The maximum atomic E-state index is 12.5. The number of amides is 1. The highest BCUT2D eigenvalue weighted by molar-refractivity contribution is 6.07. The van der Waals surface area contributed by atoms with Crippen molar-refractivity contribution >= 4 is 11.7 Å². The first kappa shape index (κ1) is 15.4. The van der Waals surface area contributed by atoms with Gasteiger partial charge in [0.15, 0.2) is 5.84 Å². The number of hydrogen-bond donors (Lipinski definition) is 3. The van der Waals surface area contributed by atoms with Gasteiger partial charge in [-0.25, -0.2) is 0 Å². The van der Waals surface area contributed by atoms with Crippen LogP contribution in [-0.2, 0) is 4.79 Å². The largest absolute Gasteiger partial charge is 0.409 e. The molecule has 5 nitrogen and oxygen atoms in total. The third-order valence-corrected chi connectivity index (χ3v) is 4.54. The fourth-order valence-corrected chi connectivity index (χ4v) is 2.64. The maximum Gasteiger partial charge on any atom is 0.235 e. The lowest BCUT2D eigenvalue weighted by Gasteiger charge is -2.22. The molecule has 0 aliphatic heterocycles. The fraction of sp³-hybridized carbons (Fsp3) is 0.500. The molecule has 1 aliphatic carbocycles. The van der Waals surface area contributed by atoms with Gasteiger partial charge in [0.2, 0.25) is 5.91 Å². The number of carbonyl (C=O) groups excluding carboxylic acids is 1. The van der Waals surface area contributed by atoms with Gasteiger partial charge in [0.25, 0.3) is 0 Å². The summed E-state index contributed by atoms with van der Waals surface area (Å²) in [6.45, 7) is 5.00. The lowest BCUT2D eigenvalue weighted by atomic mass is 9.91. The van der Waals surface area contributed by atoms with Crippen molar-refractivity contribution < 1.29 is 10.0 Å². The monoisotopic (exact) mass is 289 g/mol. The Balaban J connectivity index is 2.09. The zero-order chi connectivity index (χ0) is 15.5.